The van der Waals surface area contributed by atoms with Gasteiger partial charge in [0, 0.05) is 32.4 Å². The van der Waals surface area contributed by atoms with E-state index >= 15 is 0 Å². The first-order chi connectivity index (χ1) is 13.1. The van der Waals surface area contributed by atoms with Crippen molar-refractivity contribution in [3.05, 3.63) is 52.2 Å². The van der Waals surface area contributed by atoms with Crippen LogP contribution in [0.25, 0.3) is 0 Å². The van der Waals surface area contributed by atoms with E-state index in [4.69, 9.17) is 4.74 Å². The number of thiophene rings is 1. The molecule has 1 aliphatic heterocycles. The van der Waals surface area contributed by atoms with Crippen molar-refractivity contribution in [3.63, 3.8) is 0 Å². The van der Waals surface area contributed by atoms with Gasteiger partial charge in [-0.2, -0.15) is 0 Å². The van der Waals surface area contributed by atoms with Crippen molar-refractivity contribution in [1.29, 1.82) is 0 Å². The Labute approximate surface area is 161 Å². The van der Waals surface area contributed by atoms with Crippen LogP contribution in [0.1, 0.15) is 34.5 Å². The van der Waals surface area contributed by atoms with Crippen LogP contribution in [0.15, 0.2) is 41.8 Å². The Balaban J connectivity index is 1.26. The topological polar surface area (TPSA) is 84.5 Å². The van der Waals surface area contributed by atoms with E-state index in [0.29, 0.717) is 30.8 Å². The average Bonchev–Trinajstić information content (AvgIpc) is 3.35. The smallest absolute Gasteiger partial charge is 0.261 e. The highest BCUT2D eigenvalue weighted by atomic mass is 32.1. The number of carbonyl (C=O) groups excluding carboxylic acids is 3. The molecule has 2 aromatic rings. The van der Waals surface area contributed by atoms with Crippen molar-refractivity contribution < 1.29 is 19.1 Å². The summed E-state index contributed by atoms with van der Waals surface area (Å²) < 4.78 is 5.64. The van der Waals surface area contributed by atoms with E-state index in [-0.39, 0.29) is 30.4 Å². The van der Waals surface area contributed by atoms with Gasteiger partial charge in [-0.25, -0.2) is 0 Å². The molecule has 0 spiro atoms. The first-order valence-corrected chi connectivity index (χ1v) is 9.87. The third-order valence-corrected chi connectivity index (χ3v) is 5.20. The van der Waals surface area contributed by atoms with Gasteiger partial charge < -0.3 is 15.4 Å². The predicted octanol–water partition coefficient (Wildman–Crippen LogP) is 2.34. The fourth-order valence-electron chi connectivity index (χ4n) is 2.85. The molecule has 2 amide bonds. The largest absolute Gasteiger partial charge is 0.480 e. The second-order valence-corrected chi connectivity index (χ2v) is 7.26. The highest BCUT2D eigenvalue weighted by molar-refractivity contribution is 7.12. The number of para-hydroxylation sites is 1. The highest BCUT2D eigenvalue weighted by Gasteiger charge is 2.28. The SMILES string of the molecule is O=C(CCC(=O)c1cccs1)NCCCNC(=O)C1Cc2ccccc2O1. The van der Waals surface area contributed by atoms with E-state index < -0.39 is 6.10 Å². The van der Waals surface area contributed by atoms with Crippen molar-refractivity contribution in [1.82, 2.24) is 10.6 Å². The second-order valence-electron chi connectivity index (χ2n) is 6.31. The Kier molecular flexibility index (Phi) is 6.59. The summed E-state index contributed by atoms with van der Waals surface area (Å²) in [4.78, 5) is 36.4. The van der Waals surface area contributed by atoms with Gasteiger partial charge in [-0.05, 0) is 29.5 Å². The molecular formula is C20H22N2O4S. The summed E-state index contributed by atoms with van der Waals surface area (Å²) in [6, 6.07) is 11.2. The molecule has 1 unspecified atom stereocenters. The molecule has 27 heavy (non-hydrogen) atoms. The molecule has 0 saturated heterocycles. The Morgan fingerprint density at radius 3 is 2.63 bits per heavy atom. The first kappa shape index (κ1) is 19.1. The zero-order valence-electron chi connectivity index (χ0n) is 14.9. The van der Waals surface area contributed by atoms with Gasteiger partial charge in [0.15, 0.2) is 11.9 Å². The number of hydrogen-bond donors (Lipinski definition) is 2. The first-order valence-electron chi connectivity index (χ1n) is 8.99. The molecule has 1 atom stereocenters. The molecule has 0 bridgehead atoms. The van der Waals surface area contributed by atoms with Crippen LogP contribution in [0, 0.1) is 0 Å². The van der Waals surface area contributed by atoms with Crippen molar-refractivity contribution >= 4 is 28.9 Å². The van der Waals surface area contributed by atoms with Gasteiger partial charge in [-0.15, -0.1) is 11.3 Å². The van der Waals surface area contributed by atoms with Crippen LogP contribution in [-0.4, -0.2) is 36.8 Å². The van der Waals surface area contributed by atoms with Gasteiger partial charge in [0.2, 0.25) is 5.91 Å². The molecule has 1 aromatic heterocycles. The van der Waals surface area contributed by atoms with Gasteiger partial charge in [0.05, 0.1) is 4.88 Å². The maximum Gasteiger partial charge on any atom is 0.261 e. The van der Waals surface area contributed by atoms with E-state index in [2.05, 4.69) is 10.6 Å². The summed E-state index contributed by atoms with van der Waals surface area (Å²) in [6.07, 6.45) is 1.10. The maximum absolute atomic E-state index is 12.1. The number of carbonyl (C=O) groups is 3. The van der Waals surface area contributed by atoms with E-state index in [1.54, 1.807) is 6.07 Å². The van der Waals surface area contributed by atoms with Crippen LogP contribution in [0.4, 0.5) is 0 Å². The third-order valence-electron chi connectivity index (χ3n) is 4.29. The second kappa shape index (κ2) is 9.32. The lowest BCUT2D eigenvalue weighted by atomic mass is 10.1. The lowest BCUT2D eigenvalue weighted by Gasteiger charge is -2.11. The minimum Gasteiger partial charge on any atom is -0.480 e. The normalized spacial score (nSPS) is 14.9. The van der Waals surface area contributed by atoms with Crippen molar-refractivity contribution in [2.24, 2.45) is 0 Å². The van der Waals surface area contributed by atoms with Crippen LogP contribution < -0.4 is 15.4 Å². The van der Waals surface area contributed by atoms with Gasteiger partial charge in [-0.3, -0.25) is 14.4 Å². The summed E-state index contributed by atoms with van der Waals surface area (Å²) in [5.41, 5.74) is 1.04. The summed E-state index contributed by atoms with van der Waals surface area (Å²) in [5.74, 6) is 0.465. The molecule has 7 heteroatoms. The quantitative estimate of drug-likeness (QED) is 0.512. The number of ether oxygens (including phenoxy) is 1. The van der Waals surface area contributed by atoms with Gasteiger partial charge in [-0.1, -0.05) is 24.3 Å². The summed E-state index contributed by atoms with van der Waals surface area (Å²) in [5, 5.41) is 7.45. The molecule has 6 nitrogen and oxygen atoms in total. The standard InChI is InChI=1S/C20H22N2O4S/c23-15(18-7-3-12-27-18)8-9-19(24)21-10-4-11-22-20(25)17-13-14-5-1-2-6-16(14)26-17/h1-3,5-7,12,17H,4,8-11,13H2,(H,21,24)(H,22,25). The molecule has 2 heterocycles. The maximum atomic E-state index is 12.1. The summed E-state index contributed by atoms with van der Waals surface area (Å²) in [7, 11) is 0. The number of amides is 2. The number of Topliss-reactive ketones (excluding diaryl/α,β-unsaturated/α-hetero) is 1. The summed E-state index contributed by atoms with van der Waals surface area (Å²) in [6.45, 7) is 0.918. The van der Waals surface area contributed by atoms with Gasteiger partial charge >= 0.3 is 0 Å². The molecule has 0 saturated carbocycles. The Morgan fingerprint density at radius 1 is 1.04 bits per heavy atom. The molecule has 142 valence electrons. The minimum atomic E-state index is -0.486. The molecule has 3 rings (SSSR count). The number of nitrogens with one attached hydrogen (secondary N) is 2. The number of fused-ring (bicyclic) bond motifs is 1. The average molecular weight is 386 g/mol. The number of rotatable bonds is 9. The molecule has 1 aromatic carbocycles. The molecule has 1 aliphatic rings. The fourth-order valence-corrected chi connectivity index (χ4v) is 3.54. The zero-order valence-corrected chi connectivity index (χ0v) is 15.7. The van der Waals surface area contributed by atoms with Crippen molar-refractivity contribution in [2.45, 2.75) is 31.8 Å². The van der Waals surface area contributed by atoms with Crippen molar-refractivity contribution in [2.75, 3.05) is 13.1 Å². The van der Waals surface area contributed by atoms with E-state index in [1.165, 1.54) is 11.3 Å². The Morgan fingerprint density at radius 2 is 1.85 bits per heavy atom. The van der Waals surface area contributed by atoms with Crippen LogP contribution in [0.3, 0.4) is 0 Å². The molecule has 0 fully saturated rings. The lowest BCUT2D eigenvalue weighted by Crippen LogP contribution is -2.38. The number of hydrogen-bond acceptors (Lipinski definition) is 5. The fraction of sp³-hybridized carbons (Fsp3) is 0.350. The van der Waals surface area contributed by atoms with Crippen LogP contribution >= 0.6 is 11.3 Å². The monoisotopic (exact) mass is 386 g/mol. The van der Waals surface area contributed by atoms with Crippen molar-refractivity contribution in [3.8, 4) is 5.75 Å². The summed E-state index contributed by atoms with van der Waals surface area (Å²) >= 11 is 1.38. The Bertz CT molecular complexity index is 779. The van der Waals surface area contributed by atoms with E-state index in [0.717, 1.165) is 11.3 Å². The van der Waals surface area contributed by atoms with Crippen LogP contribution in [0.2, 0.25) is 0 Å². The van der Waals surface area contributed by atoms with E-state index in [9.17, 15) is 14.4 Å². The zero-order chi connectivity index (χ0) is 19.1. The highest BCUT2D eigenvalue weighted by Crippen LogP contribution is 2.28. The van der Waals surface area contributed by atoms with Crippen LogP contribution in [-0.2, 0) is 16.0 Å². The lowest BCUT2D eigenvalue weighted by molar-refractivity contribution is -0.127. The molecule has 0 radical (unpaired) electrons. The molecule has 2 N–H and O–H groups in total. The third kappa shape index (κ3) is 5.40. The predicted molar refractivity (Wildman–Crippen MR) is 103 cm³/mol. The minimum absolute atomic E-state index is 0.00928. The number of ketones is 1. The number of benzene rings is 1. The molecule has 0 aliphatic carbocycles. The van der Waals surface area contributed by atoms with Crippen LogP contribution in [0.5, 0.6) is 5.75 Å². The van der Waals surface area contributed by atoms with Gasteiger partial charge in [0.25, 0.3) is 5.91 Å². The van der Waals surface area contributed by atoms with Gasteiger partial charge in [0.1, 0.15) is 5.75 Å². The van der Waals surface area contributed by atoms with E-state index in [1.807, 2.05) is 35.7 Å². The molecular weight excluding hydrogens is 364 g/mol. The Hall–Kier alpha value is -2.67.